The molecule has 2 rings (SSSR count). The van der Waals surface area contributed by atoms with Crippen molar-refractivity contribution in [1.82, 2.24) is 4.90 Å². The minimum Gasteiger partial charge on any atom is -0.373 e. The second kappa shape index (κ2) is 6.42. The Bertz CT molecular complexity index is 527. The number of rotatable bonds is 3. The third-order valence-electron chi connectivity index (χ3n) is 3.71. The number of carbonyl (C=O) groups is 1. The maximum Gasteiger partial charge on any atom is 0.244 e. The van der Waals surface area contributed by atoms with Crippen molar-refractivity contribution in [3.8, 4) is 6.07 Å². The van der Waals surface area contributed by atoms with Gasteiger partial charge in [-0.05, 0) is 50.8 Å². The van der Waals surface area contributed by atoms with Crippen LogP contribution in [0.3, 0.4) is 0 Å². The van der Waals surface area contributed by atoms with Crippen LogP contribution in [0.4, 0.5) is 5.69 Å². The largest absolute Gasteiger partial charge is 0.373 e. The summed E-state index contributed by atoms with van der Waals surface area (Å²) in [6.07, 6.45) is 3.39. The molecule has 1 saturated heterocycles. The number of amides is 1. The molecule has 1 aromatic rings. The van der Waals surface area contributed by atoms with Gasteiger partial charge in [0.25, 0.3) is 0 Å². The first kappa shape index (κ1) is 14.4. The second-order valence-electron chi connectivity index (χ2n) is 5.41. The van der Waals surface area contributed by atoms with E-state index < -0.39 is 0 Å². The molecule has 0 saturated carbocycles. The summed E-state index contributed by atoms with van der Waals surface area (Å²) < 4.78 is 0. The number of piperidine rings is 1. The van der Waals surface area contributed by atoms with Crippen molar-refractivity contribution >= 4 is 11.6 Å². The minimum absolute atomic E-state index is 0.120. The van der Waals surface area contributed by atoms with Crippen molar-refractivity contribution in [3.63, 3.8) is 0 Å². The minimum atomic E-state index is -0.303. The van der Waals surface area contributed by atoms with Crippen LogP contribution in [-0.2, 0) is 4.79 Å². The van der Waals surface area contributed by atoms with Gasteiger partial charge in [0, 0.05) is 13.1 Å². The van der Waals surface area contributed by atoms with Gasteiger partial charge in [0.15, 0.2) is 0 Å². The van der Waals surface area contributed by atoms with Gasteiger partial charge < -0.3 is 10.2 Å². The molecule has 106 valence electrons. The van der Waals surface area contributed by atoms with Crippen LogP contribution < -0.4 is 5.32 Å². The van der Waals surface area contributed by atoms with Crippen LogP contribution in [0.1, 0.15) is 37.3 Å². The number of anilines is 1. The van der Waals surface area contributed by atoms with E-state index in [-0.39, 0.29) is 11.9 Å². The molecule has 0 radical (unpaired) electrons. The zero-order valence-electron chi connectivity index (χ0n) is 12.1. The number of hydrogen-bond donors (Lipinski definition) is 1. The van der Waals surface area contributed by atoms with Gasteiger partial charge in [0.1, 0.15) is 12.1 Å². The fourth-order valence-electron chi connectivity index (χ4n) is 2.56. The molecule has 20 heavy (non-hydrogen) atoms. The first-order valence-electron chi connectivity index (χ1n) is 7.18. The van der Waals surface area contributed by atoms with Crippen LogP contribution in [0.15, 0.2) is 18.2 Å². The molecule has 1 fully saturated rings. The molecule has 1 unspecified atom stereocenters. The number of nitriles is 1. The van der Waals surface area contributed by atoms with E-state index in [0.29, 0.717) is 5.56 Å². The maximum absolute atomic E-state index is 12.3. The zero-order chi connectivity index (χ0) is 14.5. The topological polar surface area (TPSA) is 56.1 Å². The van der Waals surface area contributed by atoms with Crippen LogP contribution in [0, 0.1) is 18.3 Å². The number of aryl methyl sites for hydroxylation is 1. The molecule has 4 nitrogen and oxygen atoms in total. The summed E-state index contributed by atoms with van der Waals surface area (Å²) in [7, 11) is 0. The summed E-state index contributed by atoms with van der Waals surface area (Å²) in [5, 5.41) is 12.3. The SMILES string of the molecule is Cc1ccc(NC(C)C(=O)N2CCCCC2)c(C#N)c1. The van der Waals surface area contributed by atoms with E-state index >= 15 is 0 Å². The molecule has 0 aromatic heterocycles. The van der Waals surface area contributed by atoms with Crippen LogP contribution >= 0.6 is 0 Å². The smallest absolute Gasteiger partial charge is 0.244 e. The third kappa shape index (κ3) is 3.30. The van der Waals surface area contributed by atoms with Gasteiger partial charge in [-0.2, -0.15) is 5.26 Å². The second-order valence-corrected chi connectivity index (χ2v) is 5.41. The average molecular weight is 271 g/mol. The molecule has 1 aliphatic rings. The van der Waals surface area contributed by atoms with Gasteiger partial charge in [-0.25, -0.2) is 0 Å². The summed E-state index contributed by atoms with van der Waals surface area (Å²) in [6, 6.07) is 7.52. The fraction of sp³-hybridized carbons (Fsp3) is 0.500. The fourth-order valence-corrected chi connectivity index (χ4v) is 2.56. The lowest BCUT2D eigenvalue weighted by atomic mass is 10.1. The van der Waals surface area contributed by atoms with Crippen molar-refractivity contribution in [2.45, 2.75) is 39.2 Å². The van der Waals surface area contributed by atoms with Crippen LogP contribution in [0.25, 0.3) is 0 Å². The number of carbonyl (C=O) groups excluding carboxylic acids is 1. The Morgan fingerprint density at radius 3 is 2.70 bits per heavy atom. The Hall–Kier alpha value is -2.02. The Morgan fingerprint density at radius 1 is 1.35 bits per heavy atom. The van der Waals surface area contributed by atoms with Crippen LogP contribution in [0.5, 0.6) is 0 Å². The van der Waals surface area contributed by atoms with Crippen molar-refractivity contribution in [2.24, 2.45) is 0 Å². The molecule has 0 aliphatic carbocycles. The van der Waals surface area contributed by atoms with Crippen molar-refractivity contribution in [2.75, 3.05) is 18.4 Å². The number of nitrogens with one attached hydrogen (secondary N) is 1. The normalized spacial score (nSPS) is 16.4. The van der Waals surface area contributed by atoms with E-state index in [4.69, 9.17) is 5.26 Å². The third-order valence-corrected chi connectivity index (χ3v) is 3.71. The predicted octanol–water partition coefficient (Wildman–Crippen LogP) is 2.68. The van der Waals surface area contributed by atoms with Gasteiger partial charge in [-0.15, -0.1) is 0 Å². The Kier molecular flexibility index (Phi) is 4.62. The van der Waals surface area contributed by atoms with Gasteiger partial charge >= 0.3 is 0 Å². The van der Waals surface area contributed by atoms with E-state index in [2.05, 4.69) is 11.4 Å². The molecular weight excluding hydrogens is 250 g/mol. The van der Waals surface area contributed by atoms with E-state index in [1.165, 1.54) is 6.42 Å². The van der Waals surface area contributed by atoms with E-state index in [1.54, 1.807) is 0 Å². The average Bonchev–Trinajstić information content (AvgIpc) is 2.49. The van der Waals surface area contributed by atoms with E-state index in [9.17, 15) is 4.79 Å². The summed E-state index contributed by atoms with van der Waals surface area (Å²) in [5.74, 6) is 0.120. The Balaban J connectivity index is 2.05. The molecular formula is C16H21N3O. The predicted molar refractivity (Wildman–Crippen MR) is 79.4 cm³/mol. The molecule has 1 N–H and O–H groups in total. The molecule has 1 aliphatic heterocycles. The molecule has 4 heteroatoms. The highest BCUT2D eigenvalue weighted by molar-refractivity contribution is 5.84. The lowest BCUT2D eigenvalue weighted by Gasteiger charge is -2.29. The highest BCUT2D eigenvalue weighted by atomic mass is 16.2. The molecule has 1 heterocycles. The summed E-state index contributed by atoms with van der Waals surface area (Å²) in [4.78, 5) is 14.3. The first-order valence-corrected chi connectivity index (χ1v) is 7.18. The highest BCUT2D eigenvalue weighted by Gasteiger charge is 2.22. The Morgan fingerprint density at radius 2 is 2.05 bits per heavy atom. The zero-order valence-corrected chi connectivity index (χ0v) is 12.1. The van der Waals surface area contributed by atoms with Gasteiger partial charge in [-0.1, -0.05) is 6.07 Å². The summed E-state index contributed by atoms with van der Waals surface area (Å²) in [6.45, 7) is 5.51. The van der Waals surface area contributed by atoms with Gasteiger partial charge in [-0.3, -0.25) is 4.79 Å². The monoisotopic (exact) mass is 271 g/mol. The number of nitrogens with zero attached hydrogens (tertiary/aromatic N) is 2. The molecule has 1 aromatic carbocycles. The number of hydrogen-bond acceptors (Lipinski definition) is 3. The summed E-state index contributed by atoms with van der Waals surface area (Å²) >= 11 is 0. The maximum atomic E-state index is 12.3. The van der Waals surface area contributed by atoms with Crippen molar-refractivity contribution < 1.29 is 4.79 Å². The molecule has 0 bridgehead atoms. The summed E-state index contributed by atoms with van der Waals surface area (Å²) in [5.41, 5.74) is 2.36. The van der Waals surface area contributed by atoms with E-state index in [0.717, 1.165) is 37.2 Å². The molecule has 1 amide bonds. The first-order chi connectivity index (χ1) is 9.61. The van der Waals surface area contributed by atoms with Gasteiger partial charge in [0.05, 0.1) is 11.3 Å². The van der Waals surface area contributed by atoms with Crippen LogP contribution in [-0.4, -0.2) is 29.9 Å². The lowest BCUT2D eigenvalue weighted by molar-refractivity contribution is -0.132. The standard InChI is InChI=1S/C16H21N3O/c1-12-6-7-15(14(10-12)11-17)18-13(2)16(20)19-8-4-3-5-9-19/h6-7,10,13,18H,3-5,8-9H2,1-2H3. The quantitative estimate of drug-likeness (QED) is 0.919. The molecule has 1 atom stereocenters. The number of benzene rings is 1. The number of likely N-dealkylation sites (tertiary alicyclic amines) is 1. The Labute approximate surface area is 120 Å². The lowest BCUT2D eigenvalue weighted by Crippen LogP contribution is -2.44. The van der Waals surface area contributed by atoms with Gasteiger partial charge in [0.2, 0.25) is 5.91 Å². The van der Waals surface area contributed by atoms with Crippen molar-refractivity contribution in [1.29, 1.82) is 5.26 Å². The van der Waals surface area contributed by atoms with Crippen molar-refractivity contribution in [3.05, 3.63) is 29.3 Å². The molecule has 0 spiro atoms. The van der Waals surface area contributed by atoms with Crippen LogP contribution in [0.2, 0.25) is 0 Å². The highest BCUT2D eigenvalue weighted by Crippen LogP contribution is 2.18. The van der Waals surface area contributed by atoms with E-state index in [1.807, 2.05) is 36.9 Å².